The molecule has 3 aromatic rings. The summed E-state index contributed by atoms with van der Waals surface area (Å²) in [6, 6.07) is 16.1. The van der Waals surface area contributed by atoms with Gasteiger partial charge in [-0.3, -0.25) is 9.59 Å². The fourth-order valence-corrected chi connectivity index (χ4v) is 2.86. The predicted molar refractivity (Wildman–Crippen MR) is 125 cm³/mol. The van der Waals surface area contributed by atoms with Gasteiger partial charge in [-0.25, -0.2) is 14.6 Å². The van der Waals surface area contributed by atoms with E-state index in [2.05, 4.69) is 15.8 Å². The van der Waals surface area contributed by atoms with E-state index in [1.807, 2.05) is 0 Å². The minimum Gasteiger partial charge on any atom is -0.493 e. The summed E-state index contributed by atoms with van der Waals surface area (Å²) in [5.74, 6) is -1.08. The highest BCUT2D eigenvalue weighted by atomic mass is 19.1. The molecular formula is C25H22FN3O6. The van der Waals surface area contributed by atoms with Gasteiger partial charge < -0.3 is 19.5 Å². The summed E-state index contributed by atoms with van der Waals surface area (Å²) >= 11 is 0. The third-order valence-corrected chi connectivity index (χ3v) is 4.61. The van der Waals surface area contributed by atoms with Gasteiger partial charge in [0.15, 0.2) is 11.5 Å². The van der Waals surface area contributed by atoms with Crippen LogP contribution in [0.4, 0.5) is 4.39 Å². The van der Waals surface area contributed by atoms with Crippen molar-refractivity contribution in [3.8, 4) is 17.2 Å². The Hall–Kier alpha value is -4.73. The summed E-state index contributed by atoms with van der Waals surface area (Å²) < 4.78 is 28.7. The van der Waals surface area contributed by atoms with Crippen molar-refractivity contribution in [2.75, 3.05) is 20.8 Å². The molecule has 35 heavy (non-hydrogen) atoms. The molecule has 0 aliphatic heterocycles. The van der Waals surface area contributed by atoms with E-state index in [4.69, 9.17) is 14.2 Å². The minimum absolute atomic E-state index is 0.0940. The number of rotatable bonds is 9. The summed E-state index contributed by atoms with van der Waals surface area (Å²) in [6.45, 7) is -0.292. The summed E-state index contributed by atoms with van der Waals surface area (Å²) in [6.07, 6.45) is 1.38. The van der Waals surface area contributed by atoms with Crippen LogP contribution >= 0.6 is 0 Å². The van der Waals surface area contributed by atoms with Crippen molar-refractivity contribution in [2.45, 2.75) is 0 Å². The van der Waals surface area contributed by atoms with E-state index in [1.165, 1.54) is 56.8 Å². The van der Waals surface area contributed by atoms with Crippen molar-refractivity contribution in [2.24, 2.45) is 5.10 Å². The largest absolute Gasteiger partial charge is 0.493 e. The minimum atomic E-state index is -0.687. The van der Waals surface area contributed by atoms with Gasteiger partial charge in [-0.2, -0.15) is 5.10 Å². The first-order valence-corrected chi connectivity index (χ1v) is 10.3. The van der Waals surface area contributed by atoms with Crippen molar-refractivity contribution in [3.05, 3.63) is 89.2 Å². The highest BCUT2D eigenvalue weighted by molar-refractivity contribution is 5.97. The molecule has 2 amide bonds. The maximum atomic E-state index is 13.2. The normalized spacial score (nSPS) is 10.5. The van der Waals surface area contributed by atoms with Crippen LogP contribution in [0.25, 0.3) is 0 Å². The predicted octanol–water partition coefficient (Wildman–Crippen LogP) is 2.94. The molecule has 2 N–H and O–H groups in total. The molecule has 180 valence electrons. The van der Waals surface area contributed by atoms with Crippen LogP contribution in [-0.4, -0.2) is 44.8 Å². The number of ether oxygens (including phenoxy) is 3. The third-order valence-electron chi connectivity index (χ3n) is 4.61. The molecule has 0 fully saturated rings. The van der Waals surface area contributed by atoms with Gasteiger partial charge >= 0.3 is 5.97 Å². The van der Waals surface area contributed by atoms with Crippen LogP contribution in [0.3, 0.4) is 0 Å². The van der Waals surface area contributed by atoms with Gasteiger partial charge in [0.05, 0.1) is 32.5 Å². The Morgan fingerprint density at radius 1 is 0.914 bits per heavy atom. The molecule has 10 heteroatoms. The van der Waals surface area contributed by atoms with Crippen LogP contribution < -0.4 is 25.0 Å². The Balaban J connectivity index is 1.46. The van der Waals surface area contributed by atoms with Crippen LogP contribution in [0, 0.1) is 5.82 Å². The van der Waals surface area contributed by atoms with Crippen molar-refractivity contribution >= 4 is 24.0 Å². The number of amides is 2. The standard InChI is InChI=1S/C25H22FN3O6/c1-33-21-11-8-17(13-22(21)34-2)24(31)27-15-23(30)29-28-14-16-6-9-20(10-7-16)35-25(32)18-4-3-5-19(26)12-18/h3-14H,15H2,1-2H3,(H,27,31)(H,29,30). The molecule has 0 radical (unpaired) electrons. The van der Waals surface area contributed by atoms with Crippen LogP contribution in [0.1, 0.15) is 26.3 Å². The van der Waals surface area contributed by atoms with Gasteiger partial charge in [0.2, 0.25) is 0 Å². The molecule has 0 bridgehead atoms. The van der Waals surface area contributed by atoms with Crippen molar-refractivity contribution in [1.82, 2.24) is 10.7 Å². The molecule has 0 heterocycles. The second-order valence-corrected chi connectivity index (χ2v) is 7.01. The van der Waals surface area contributed by atoms with E-state index in [9.17, 15) is 18.8 Å². The van der Waals surface area contributed by atoms with E-state index in [1.54, 1.807) is 24.3 Å². The Bertz CT molecular complexity index is 1240. The number of hydrogen-bond acceptors (Lipinski definition) is 7. The molecule has 0 aliphatic carbocycles. The molecule has 0 aliphatic rings. The van der Waals surface area contributed by atoms with Crippen LogP contribution in [-0.2, 0) is 4.79 Å². The van der Waals surface area contributed by atoms with E-state index in [0.717, 1.165) is 6.07 Å². The van der Waals surface area contributed by atoms with Crippen LogP contribution in [0.15, 0.2) is 71.8 Å². The van der Waals surface area contributed by atoms with E-state index < -0.39 is 23.6 Å². The number of halogens is 1. The second kappa shape index (κ2) is 11.9. The fourth-order valence-electron chi connectivity index (χ4n) is 2.86. The fraction of sp³-hybridized carbons (Fsp3) is 0.120. The molecule has 0 spiro atoms. The lowest BCUT2D eigenvalue weighted by Crippen LogP contribution is -2.34. The number of nitrogens with one attached hydrogen (secondary N) is 2. The molecule has 3 rings (SSSR count). The lowest BCUT2D eigenvalue weighted by Gasteiger charge is -2.09. The topological polar surface area (TPSA) is 115 Å². The molecule has 9 nitrogen and oxygen atoms in total. The molecule has 0 unspecified atom stereocenters. The molecule has 0 atom stereocenters. The van der Waals surface area contributed by atoms with Gasteiger partial charge in [-0.15, -0.1) is 0 Å². The third kappa shape index (κ3) is 7.13. The number of nitrogens with zero attached hydrogens (tertiary/aromatic N) is 1. The molecule has 3 aromatic carbocycles. The van der Waals surface area contributed by atoms with E-state index >= 15 is 0 Å². The first kappa shape index (κ1) is 24.9. The first-order chi connectivity index (χ1) is 16.9. The quantitative estimate of drug-likeness (QED) is 0.211. The maximum Gasteiger partial charge on any atom is 0.343 e. The highest BCUT2D eigenvalue weighted by Crippen LogP contribution is 2.27. The Morgan fingerprint density at radius 3 is 2.34 bits per heavy atom. The monoisotopic (exact) mass is 479 g/mol. The number of methoxy groups -OCH3 is 2. The number of carbonyl (C=O) groups excluding carboxylic acids is 3. The zero-order valence-corrected chi connectivity index (χ0v) is 18.9. The van der Waals surface area contributed by atoms with Gasteiger partial charge in [-0.1, -0.05) is 6.07 Å². The number of hydrogen-bond donors (Lipinski definition) is 2. The SMILES string of the molecule is COc1ccc(C(=O)NCC(=O)NN=Cc2ccc(OC(=O)c3cccc(F)c3)cc2)cc1OC. The average Bonchev–Trinajstić information content (AvgIpc) is 2.87. The van der Waals surface area contributed by atoms with Crippen molar-refractivity contribution in [1.29, 1.82) is 0 Å². The van der Waals surface area contributed by atoms with E-state index in [-0.39, 0.29) is 17.9 Å². The van der Waals surface area contributed by atoms with Gasteiger partial charge in [0, 0.05) is 5.56 Å². The number of benzene rings is 3. The Morgan fingerprint density at radius 2 is 1.66 bits per heavy atom. The molecule has 0 aromatic heterocycles. The zero-order chi connectivity index (χ0) is 25.2. The number of carbonyl (C=O) groups is 3. The summed E-state index contributed by atoms with van der Waals surface area (Å²) in [5.41, 5.74) is 3.32. The highest BCUT2D eigenvalue weighted by Gasteiger charge is 2.12. The lowest BCUT2D eigenvalue weighted by molar-refractivity contribution is -0.120. The van der Waals surface area contributed by atoms with Gasteiger partial charge in [0.1, 0.15) is 11.6 Å². The van der Waals surface area contributed by atoms with E-state index in [0.29, 0.717) is 22.6 Å². The summed E-state index contributed by atoms with van der Waals surface area (Å²) in [7, 11) is 2.94. The Kier molecular flexibility index (Phi) is 8.49. The van der Waals surface area contributed by atoms with Crippen molar-refractivity contribution < 1.29 is 33.0 Å². The summed E-state index contributed by atoms with van der Waals surface area (Å²) in [4.78, 5) is 36.3. The van der Waals surface area contributed by atoms with Gasteiger partial charge in [-0.05, 0) is 66.2 Å². The van der Waals surface area contributed by atoms with Crippen molar-refractivity contribution in [3.63, 3.8) is 0 Å². The average molecular weight is 479 g/mol. The number of hydrazone groups is 1. The number of esters is 1. The Labute approximate surface area is 200 Å². The lowest BCUT2D eigenvalue weighted by atomic mass is 10.2. The maximum absolute atomic E-state index is 13.2. The smallest absolute Gasteiger partial charge is 0.343 e. The van der Waals surface area contributed by atoms with Gasteiger partial charge in [0.25, 0.3) is 11.8 Å². The molecular weight excluding hydrogens is 457 g/mol. The second-order valence-electron chi connectivity index (χ2n) is 7.01. The van der Waals surface area contributed by atoms with Crippen LogP contribution in [0.2, 0.25) is 0 Å². The molecule has 0 saturated carbocycles. The first-order valence-electron chi connectivity index (χ1n) is 10.3. The zero-order valence-electron chi connectivity index (χ0n) is 18.9. The summed E-state index contributed by atoms with van der Waals surface area (Å²) in [5, 5.41) is 6.31. The van der Waals surface area contributed by atoms with Crippen LogP contribution in [0.5, 0.6) is 17.2 Å². The molecule has 0 saturated heterocycles.